The van der Waals surface area contributed by atoms with Crippen LogP contribution in [0.4, 0.5) is 0 Å². The highest BCUT2D eigenvalue weighted by Crippen LogP contribution is 2.19. The normalized spacial score (nSPS) is 13.1. The first-order valence-corrected chi connectivity index (χ1v) is 17.2. The largest absolute Gasteiger partial charge is 0.497 e. The first-order chi connectivity index (χ1) is 22.0. The topological polar surface area (TPSA) is 140 Å². The van der Waals surface area contributed by atoms with E-state index < -0.39 is 40.0 Å². The molecule has 3 aromatic rings. The molecule has 10 nitrogen and oxygen atoms in total. The van der Waals surface area contributed by atoms with Crippen molar-refractivity contribution in [1.29, 1.82) is 0 Å². The van der Waals surface area contributed by atoms with Gasteiger partial charge in [-0.2, -0.15) is 0 Å². The van der Waals surface area contributed by atoms with Crippen molar-refractivity contribution in [2.24, 2.45) is 5.92 Å². The zero-order valence-corrected chi connectivity index (χ0v) is 29.0. The van der Waals surface area contributed by atoms with E-state index in [-0.39, 0.29) is 54.1 Å². The van der Waals surface area contributed by atoms with E-state index in [1.807, 2.05) is 68.4 Å². The maximum atomic E-state index is 13.8. The van der Waals surface area contributed by atoms with Crippen molar-refractivity contribution in [3.63, 3.8) is 0 Å². The van der Waals surface area contributed by atoms with Crippen molar-refractivity contribution in [3.8, 4) is 11.5 Å². The van der Waals surface area contributed by atoms with Crippen molar-refractivity contribution < 1.29 is 37.3 Å². The summed E-state index contributed by atoms with van der Waals surface area (Å²) in [6.07, 6.45) is -1.48. The Kier molecular flexibility index (Phi) is 16.7. The average Bonchev–Trinajstić information content (AvgIpc) is 3.05. The molecular formula is C35H47ClN2O8S. The number of sulfone groups is 1. The first kappa shape index (κ1) is 39.5. The van der Waals surface area contributed by atoms with Gasteiger partial charge in [0, 0.05) is 19.5 Å². The van der Waals surface area contributed by atoms with E-state index in [2.05, 4.69) is 10.6 Å². The molecule has 1 amide bonds. The minimum Gasteiger partial charge on any atom is -0.497 e. The van der Waals surface area contributed by atoms with Crippen molar-refractivity contribution >= 4 is 34.1 Å². The molecule has 0 fully saturated rings. The Labute approximate surface area is 284 Å². The lowest BCUT2D eigenvalue weighted by molar-refractivity contribution is -0.129. The van der Waals surface area contributed by atoms with Gasteiger partial charge in [-0.15, -0.1) is 12.4 Å². The molecule has 47 heavy (non-hydrogen) atoms. The number of ether oxygens (including phenoxy) is 3. The lowest BCUT2D eigenvalue weighted by atomic mass is 10.0. The van der Waals surface area contributed by atoms with E-state index in [9.17, 15) is 23.1 Å². The summed E-state index contributed by atoms with van der Waals surface area (Å²) in [5.74, 6) is -0.256. The van der Waals surface area contributed by atoms with E-state index in [0.29, 0.717) is 19.4 Å². The fraction of sp³-hybridized carbons (Fsp3) is 0.429. The van der Waals surface area contributed by atoms with Gasteiger partial charge in [0.2, 0.25) is 0 Å². The summed E-state index contributed by atoms with van der Waals surface area (Å²) in [6, 6.07) is 22.5. The SMILES string of the molecule is COC(=O)c1cccc(OC(CCS(=O)(=O)CCC(C)C)C(=O)N[C@@H](Cc2ccccc2)[C@H](O)CNCc2cccc(OC)c2)c1.Cl. The fourth-order valence-electron chi connectivity index (χ4n) is 4.74. The zero-order chi connectivity index (χ0) is 33.5. The summed E-state index contributed by atoms with van der Waals surface area (Å²) in [7, 11) is -0.602. The van der Waals surface area contributed by atoms with Crippen molar-refractivity contribution in [3.05, 3.63) is 95.6 Å². The van der Waals surface area contributed by atoms with Gasteiger partial charge in [-0.1, -0.05) is 62.4 Å². The van der Waals surface area contributed by atoms with Crippen LogP contribution < -0.4 is 20.1 Å². The second-order valence-corrected chi connectivity index (χ2v) is 13.9. The molecule has 0 bridgehead atoms. The number of halogens is 1. The summed E-state index contributed by atoms with van der Waals surface area (Å²) in [6.45, 7) is 4.54. The Morgan fingerprint density at radius 2 is 1.51 bits per heavy atom. The summed E-state index contributed by atoms with van der Waals surface area (Å²) in [5.41, 5.74) is 2.10. The van der Waals surface area contributed by atoms with Crippen molar-refractivity contribution in [2.75, 3.05) is 32.3 Å². The summed E-state index contributed by atoms with van der Waals surface area (Å²) in [5, 5.41) is 17.5. The van der Waals surface area contributed by atoms with E-state index >= 15 is 0 Å². The number of benzene rings is 3. The van der Waals surface area contributed by atoms with Crippen LogP contribution in [0.5, 0.6) is 11.5 Å². The molecule has 0 heterocycles. The van der Waals surface area contributed by atoms with Gasteiger partial charge in [0.1, 0.15) is 21.3 Å². The molecule has 3 rings (SSSR count). The lowest BCUT2D eigenvalue weighted by Gasteiger charge is -2.27. The Morgan fingerprint density at radius 3 is 2.19 bits per heavy atom. The van der Waals surface area contributed by atoms with Crippen LogP contribution in [0.15, 0.2) is 78.9 Å². The van der Waals surface area contributed by atoms with Crippen LogP contribution in [-0.4, -0.2) is 75.9 Å². The molecule has 0 aliphatic rings. The molecular weight excluding hydrogens is 644 g/mol. The van der Waals surface area contributed by atoms with Gasteiger partial charge in [-0.05, 0) is 60.2 Å². The quantitative estimate of drug-likeness (QED) is 0.156. The van der Waals surface area contributed by atoms with Crippen LogP contribution >= 0.6 is 12.4 Å². The predicted molar refractivity (Wildman–Crippen MR) is 185 cm³/mol. The maximum Gasteiger partial charge on any atom is 0.337 e. The fourth-order valence-corrected chi connectivity index (χ4v) is 6.35. The Balaban J connectivity index is 0.00000768. The monoisotopic (exact) mass is 690 g/mol. The third kappa shape index (κ3) is 13.9. The summed E-state index contributed by atoms with van der Waals surface area (Å²) >= 11 is 0. The molecule has 258 valence electrons. The number of hydrogen-bond acceptors (Lipinski definition) is 9. The molecule has 3 N–H and O–H groups in total. The Hall–Kier alpha value is -3.64. The standard InChI is InChI=1S/C35H46N2O8S.ClH/c1-25(2)16-18-46(41,42)19-17-33(45-30-15-9-13-28(22-30)35(40)44-4)34(39)37-31(21-26-10-6-5-7-11-26)32(38)24-36-23-27-12-8-14-29(20-27)43-3;/h5-15,20,22,25,31-33,36,38H,16-19,21,23-24H2,1-4H3,(H,37,39);1H/t31-,32+,33?;/m0./s1. The Bertz CT molecular complexity index is 1500. The maximum absolute atomic E-state index is 13.8. The zero-order valence-electron chi connectivity index (χ0n) is 27.4. The Morgan fingerprint density at radius 1 is 0.851 bits per heavy atom. The molecule has 12 heteroatoms. The third-order valence-electron chi connectivity index (χ3n) is 7.43. The molecule has 3 atom stereocenters. The number of aliphatic hydroxyl groups is 1. The molecule has 0 saturated heterocycles. The van der Waals surface area contributed by atoms with E-state index in [1.54, 1.807) is 25.3 Å². The number of rotatable bonds is 19. The number of carbonyl (C=O) groups excluding carboxylic acids is 2. The van der Waals surface area contributed by atoms with Gasteiger partial charge >= 0.3 is 5.97 Å². The number of hydrogen-bond donors (Lipinski definition) is 3. The second-order valence-electron chi connectivity index (χ2n) is 11.6. The molecule has 0 aliphatic heterocycles. The van der Waals surface area contributed by atoms with Gasteiger partial charge in [0.25, 0.3) is 5.91 Å². The molecule has 0 saturated carbocycles. The smallest absolute Gasteiger partial charge is 0.337 e. The molecule has 0 radical (unpaired) electrons. The summed E-state index contributed by atoms with van der Waals surface area (Å²) < 4.78 is 41.8. The van der Waals surface area contributed by atoms with Crippen LogP contribution in [-0.2, 0) is 32.3 Å². The van der Waals surface area contributed by atoms with E-state index in [4.69, 9.17) is 14.2 Å². The molecule has 0 aromatic heterocycles. The minimum absolute atomic E-state index is 0. The predicted octanol–water partition coefficient (Wildman–Crippen LogP) is 4.38. The van der Waals surface area contributed by atoms with Crippen LogP contribution in [0.25, 0.3) is 0 Å². The van der Waals surface area contributed by atoms with E-state index in [0.717, 1.165) is 16.9 Å². The average molecular weight is 691 g/mol. The highest BCUT2D eigenvalue weighted by molar-refractivity contribution is 7.91. The number of amides is 1. The first-order valence-electron chi connectivity index (χ1n) is 15.4. The second kappa shape index (κ2) is 19.9. The number of nitrogens with one attached hydrogen (secondary N) is 2. The molecule has 0 aliphatic carbocycles. The van der Waals surface area contributed by atoms with Crippen LogP contribution in [0.2, 0.25) is 0 Å². The van der Waals surface area contributed by atoms with E-state index in [1.165, 1.54) is 13.2 Å². The third-order valence-corrected chi connectivity index (χ3v) is 9.15. The summed E-state index contributed by atoms with van der Waals surface area (Å²) in [4.78, 5) is 25.9. The van der Waals surface area contributed by atoms with Gasteiger partial charge in [-0.25, -0.2) is 13.2 Å². The molecule has 3 aromatic carbocycles. The van der Waals surface area contributed by atoms with Gasteiger partial charge in [-0.3, -0.25) is 4.79 Å². The molecule has 1 unspecified atom stereocenters. The number of methoxy groups -OCH3 is 2. The number of carbonyl (C=O) groups is 2. The van der Waals surface area contributed by atoms with Crippen molar-refractivity contribution in [2.45, 2.75) is 57.9 Å². The van der Waals surface area contributed by atoms with Crippen LogP contribution in [0, 0.1) is 5.92 Å². The van der Waals surface area contributed by atoms with Crippen molar-refractivity contribution in [1.82, 2.24) is 10.6 Å². The van der Waals surface area contributed by atoms with Gasteiger partial charge in [0.15, 0.2) is 6.10 Å². The van der Waals surface area contributed by atoms with Gasteiger partial charge in [0.05, 0.1) is 43.4 Å². The highest BCUT2D eigenvalue weighted by atomic mass is 35.5. The lowest BCUT2D eigenvalue weighted by Crippen LogP contribution is -2.52. The highest BCUT2D eigenvalue weighted by Gasteiger charge is 2.29. The van der Waals surface area contributed by atoms with Gasteiger partial charge < -0.3 is 30.0 Å². The van der Waals surface area contributed by atoms with Crippen LogP contribution in [0.3, 0.4) is 0 Å². The minimum atomic E-state index is -3.46. The number of aliphatic hydroxyl groups excluding tert-OH is 1. The molecule has 0 spiro atoms. The number of esters is 1. The van der Waals surface area contributed by atoms with Crippen LogP contribution in [0.1, 0.15) is 48.2 Å².